The number of nitrogens with zero attached hydrogens (tertiary/aromatic N) is 5. The van der Waals surface area contributed by atoms with Crippen molar-refractivity contribution in [1.82, 2.24) is 24.9 Å². The number of aromatic nitrogens is 5. The molecule has 1 aliphatic rings. The maximum atomic E-state index is 6.63. The average molecular weight is 410 g/mol. The zero-order valence-corrected chi connectivity index (χ0v) is 16.6. The van der Waals surface area contributed by atoms with Gasteiger partial charge in [-0.15, -0.1) is 0 Å². The molecule has 0 saturated carbocycles. The Labute approximate surface area is 172 Å². The number of hydrogen-bond acceptors (Lipinski definition) is 7. The minimum atomic E-state index is 0.117. The van der Waals surface area contributed by atoms with Crippen LogP contribution in [0, 0.1) is 0 Å². The van der Waals surface area contributed by atoms with Gasteiger partial charge in [-0.3, -0.25) is 9.97 Å². The Morgan fingerprint density at radius 3 is 2.83 bits per heavy atom. The zero-order chi connectivity index (χ0) is 20.0. The van der Waals surface area contributed by atoms with Gasteiger partial charge in [0.25, 0.3) is 0 Å². The number of benzene rings is 1. The van der Waals surface area contributed by atoms with Gasteiger partial charge in [0, 0.05) is 43.3 Å². The van der Waals surface area contributed by atoms with E-state index >= 15 is 0 Å². The quantitative estimate of drug-likeness (QED) is 0.531. The highest BCUT2D eigenvalue weighted by Gasteiger charge is 2.26. The van der Waals surface area contributed by atoms with Crippen molar-refractivity contribution in [3.05, 3.63) is 41.3 Å². The predicted octanol–water partition coefficient (Wildman–Crippen LogP) is 3.45. The van der Waals surface area contributed by atoms with Gasteiger partial charge >= 0.3 is 6.01 Å². The smallest absolute Gasteiger partial charge is 0.325 e. The van der Waals surface area contributed by atoms with Crippen LogP contribution < -0.4 is 15.4 Å². The molecular weight excluding hydrogens is 390 g/mol. The number of anilines is 1. The molecule has 0 bridgehead atoms. The SMILES string of the molecule is CCc1[nH]c2nc(Oc3ccc4nccnc4c3)nc(N3CC[C@H](N)C3)c2c1Cl. The Kier molecular flexibility index (Phi) is 4.44. The first-order valence-electron chi connectivity index (χ1n) is 9.59. The van der Waals surface area contributed by atoms with Gasteiger partial charge in [-0.05, 0) is 25.0 Å². The van der Waals surface area contributed by atoms with Crippen molar-refractivity contribution in [3.63, 3.8) is 0 Å². The fourth-order valence-corrected chi connectivity index (χ4v) is 4.03. The molecule has 0 spiro atoms. The number of halogens is 1. The second-order valence-electron chi connectivity index (χ2n) is 7.13. The normalized spacial score (nSPS) is 16.8. The number of nitrogens with one attached hydrogen (secondary N) is 1. The Balaban J connectivity index is 1.59. The first-order chi connectivity index (χ1) is 14.1. The van der Waals surface area contributed by atoms with Crippen molar-refractivity contribution in [1.29, 1.82) is 0 Å². The zero-order valence-electron chi connectivity index (χ0n) is 15.9. The van der Waals surface area contributed by atoms with Gasteiger partial charge in [0.2, 0.25) is 0 Å². The molecule has 3 N–H and O–H groups in total. The number of rotatable bonds is 4. The number of hydrogen-bond donors (Lipinski definition) is 2. The van der Waals surface area contributed by atoms with Gasteiger partial charge in [0.05, 0.1) is 21.4 Å². The van der Waals surface area contributed by atoms with Crippen LogP contribution in [0.15, 0.2) is 30.6 Å². The molecule has 0 radical (unpaired) electrons. The highest BCUT2D eigenvalue weighted by Crippen LogP contribution is 2.37. The summed E-state index contributed by atoms with van der Waals surface area (Å²) in [6.45, 7) is 3.59. The first kappa shape index (κ1) is 18.1. The fraction of sp³-hybridized carbons (Fsp3) is 0.300. The first-order valence-corrected chi connectivity index (χ1v) is 9.97. The predicted molar refractivity (Wildman–Crippen MR) is 113 cm³/mol. The maximum Gasteiger partial charge on any atom is 0.325 e. The molecule has 1 saturated heterocycles. The lowest BCUT2D eigenvalue weighted by Crippen LogP contribution is -2.27. The van der Waals surface area contributed by atoms with E-state index in [1.165, 1.54) is 0 Å². The highest BCUT2D eigenvalue weighted by atomic mass is 35.5. The van der Waals surface area contributed by atoms with Gasteiger partial charge in [-0.25, -0.2) is 0 Å². The van der Waals surface area contributed by atoms with Crippen LogP contribution in [0.1, 0.15) is 19.0 Å². The Hall–Kier alpha value is -2.97. The number of fused-ring (bicyclic) bond motifs is 2. The van der Waals surface area contributed by atoms with Crippen molar-refractivity contribution >= 4 is 39.5 Å². The molecule has 3 aromatic heterocycles. The van der Waals surface area contributed by atoms with E-state index in [1.54, 1.807) is 12.4 Å². The lowest BCUT2D eigenvalue weighted by atomic mass is 10.3. The van der Waals surface area contributed by atoms with Crippen LogP contribution in [-0.4, -0.2) is 44.1 Å². The molecular formula is C20H20ClN7O. The van der Waals surface area contributed by atoms with E-state index in [1.807, 2.05) is 25.1 Å². The molecule has 5 rings (SSSR count). The van der Waals surface area contributed by atoms with Crippen LogP contribution >= 0.6 is 11.6 Å². The van der Waals surface area contributed by atoms with Gasteiger partial charge in [0.1, 0.15) is 17.2 Å². The summed E-state index contributed by atoms with van der Waals surface area (Å²) in [6.07, 6.45) is 4.99. The average Bonchev–Trinajstić information content (AvgIpc) is 3.30. The topological polar surface area (TPSA) is 106 Å². The van der Waals surface area contributed by atoms with E-state index in [2.05, 4.69) is 24.8 Å². The summed E-state index contributed by atoms with van der Waals surface area (Å²) in [5, 5.41) is 1.47. The molecule has 0 aliphatic carbocycles. The standard InChI is InChI=1S/C20H20ClN7O/c1-2-13-17(21)16-18(25-13)26-20(27-19(16)28-8-5-11(22)10-28)29-12-3-4-14-15(9-12)24-7-6-23-14/h3-4,6-7,9,11H,2,5,8,10,22H2,1H3,(H,25,26,27)/t11-/m0/s1. The molecule has 8 nitrogen and oxygen atoms in total. The molecule has 9 heteroatoms. The second kappa shape index (κ2) is 7.13. The van der Waals surface area contributed by atoms with Gasteiger partial charge in [-0.2, -0.15) is 9.97 Å². The van der Waals surface area contributed by atoms with E-state index in [4.69, 9.17) is 27.1 Å². The van der Waals surface area contributed by atoms with E-state index in [0.717, 1.165) is 53.9 Å². The monoisotopic (exact) mass is 409 g/mol. The third-order valence-corrected chi connectivity index (χ3v) is 5.57. The summed E-state index contributed by atoms with van der Waals surface area (Å²) in [5.74, 6) is 1.34. The summed E-state index contributed by atoms with van der Waals surface area (Å²) in [7, 11) is 0. The number of nitrogens with two attached hydrogens (primary N) is 1. The molecule has 1 aliphatic heterocycles. The van der Waals surface area contributed by atoms with Gasteiger partial charge < -0.3 is 20.4 Å². The summed E-state index contributed by atoms with van der Waals surface area (Å²) in [4.78, 5) is 23.3. The van der Waals surface area contributed by atoms with Crippen molar-refractivity contribution in [2.75, 3.05) is 18.0 Å². The lowest BCUT2D eigenvalue weighted by molar-refractivity contribution is 0.444. The Bertz CT molecular complexity index is 1210. The van der Waals surface area contributed by atoms with Crippen molar-refractivity contribution in [2.45, 2.75) is 25.8 Å². The second-order valence-corrected chi connectivity index (χ2v) is 7.51. The fourth-order valence-electron chi connectivity index (χ4n) is 3.68. The number of H-pyrrole nitrogens is 1. The third kappa shape index (κ3) is 3.24. The van der Waals surface area contributed by atoms with Crippen LogP contribution in [0.4, 0.5) is 5.82 Å². The Morgan fingerprint density at radius 1 is 1.24 bits per heavy atom. The molecule has 29 heavy (non-hydrogen) atoms. The number of ether oxygens (including phenoxy) is 1. The largest absolute Gasteiger partial charge is 0.424 e. The molecule has 1 aromatic carbocycles. The van der Waals surface area contributed by atoms with Gasteiger partial charge in [-0.1, -0.05) is 18.5 Å². The molecule has 0 amide bonds. The van der Waals surface area contributed by atoms with Crippen LogP contribution in [0.3, 0.4) is 0 Å². The molecule has 1 atom stereocenters. The van der Waals surface area contributed by atoms with Crippen molar-refractivity contribution in [2.24, 2.45) is 5.73 Å². The maximum absolute atomic E-state index is 6.63. The number of aryl methyl sites for hydroxylation is 1. The summed E-state index contributed by atoms with van der Waals surface area (Å²) < 4.78 is 5.99. The van der Waals surface area contributed by atoms with Crippen LogP contribution in [0.2, 0.25) is 5.02 Å². The minimum Gasteiger partial charge on any atom is -0.424 e. The summed E-state index contributed by atoms with van der Waals surface area (Å²) in [6, 6.07) is 5.87. The van der Waals surface area contributed by atoms with Crippen LogP contribution in [-0.2, 0) is 6.42 Å². The molecule has 1 fully saturated rings. The van der Waals surface area contributed by atoms with E-state index in [9.17, 15) is 0 Å². The number of aromatic amines is 1. The third-order valence-electron chi connectivity index (χ3n) is 5.15. The van der Waals surface area contributed by atoms with Crippen molar-refractivity contribution < 1.29 is 4.74 Å². The molecule has 4 aromatic rings. The molecule has 4 heterocycles. The Morgan fingerprint density at radius 2 is 2.07 bits per heavy atom. The van der Waals surface area contributed by atoms with E-state index < -0.39 is 0 Å². The molecule has 0 unspecified atom stereocenters. The van der Waals surface area contributed by atoms with Gasteiger partial charge in [0.15, 0.2) is 0 Å². The summed E-state index contributed by atoms with van der Waals surface area (Å²) >= 11 is 6.63. The molecule has 148 valence electrons. The summed E-state index contributed by atoms with van der Waals surface area (Å²) in [5.41, 5.74) is 9.25. The van der Waals surface area contributed by atoms with E-state index in [0.29, 0.717) is 16.4 Å². The van der Waals surface area contributed by atoms with Crippen LogP contribution in [0.5, 0.6) is 11.8 Å². The lowest BCUT2D eigenvalue weighted by Gasteiger charge is -2.18. The van der Waals surface area contributed by atoms with Crippen molar-refractivity contribution in [3.8, 4) is 11.8 Å². The minimum absolute atomic E-state index is 0.117. The van der Waals surface area contributed by atoms with Crippen LogP contribution in [0.25, 0.3) is 22.1 Å². The highest BCUT2D eigenvalue weighted by molar-refractivity contribution is 6.37. The van der Waals surface area contributed by atoms with E-state index in [-0.39, 0.29) is 12.1 Å².